The molecule has 0 bridgehead atoms. The third-order valence-electron chi connectivity index (χ3n) is 4.46. The van der Waals surface area contributed by atoms with Gasteiger partial charge in [0.25, 0.3) is 5.91 Å². The number of nitrogens with zero attached hydrogens (tertiary/aromatic N) is 3. The smallest absolute Gasteiger partial charge is 0.254 e. The molecule has 1 fully saturated rings. The number of benzene rings is 1. The van der Waals surface area contributed by atoms with E-state index in [-0.39, 0.29) is 24.5 Å². The number of rotatable bonds is 6. The number of hydrogen-bond donors (Lipinski definition) is 0. The molecule has 1 aromatic carbocycles. The maximum atomic E-state index is 13.0. The van der Waals surface area contributed by atoms with Crippen LogP contribution in [0.4, 0.5) is 0 Å². The largest absolute Gasteiger partial charge is 0.356 e. The Morgan fingerprint density at radius 1 is 1.20 bits per heavy atom. The first-order valence-corrected chi connectivity index (χ1v) is 8.70. The van der Waals surface area contributed by atoms with E-state index >= 15 is 0 Å². The molecule has 138 valence electrons. The fraction of sp³-hybridized carbons (Fsp3) is 0.579. The van der Waals surface area contributed by atoms with Crippen molar-refractivity contribution in [1.29, 1.82) is 0 Å². The topological polar surface area (TPSA) is 53.1 Å². The Morgan fingerprint density at radius 2 is 1.84 bits per heavy atom. The molecule has 1 aliphatic rings. The molecule has 0 spiro atoms. The molecule has 0 radical (unpaired) electrons. The van der Waals surface area contributed by atoms with Gasteiger partial charge in [0, 0.05) is 26.2 Å². The van der Waals surface area contributed by atoms with Gasteiger partial charge >= 0.3 is 0 Å². The first kappa shape index (κ1) is 19.4. The SMILES string of the molecule is CC(C)N1C(=O)CO[C@H](C(=O)N(C)CCN(C)C)[C@H]1c1ccccc1. The van der Waals surface area contributed by atoms with Crippen molar-refractivity contribution in [1.82, 2.24) is 14.7 Å². The van der Waals surface area contributed by atoms with Crippen molar-refractivity contribution in [2.24, 2.45) is 0 Å². The van der Waals surface area contributed by atoms with Gasteiger partial charge in [0.1, 0.15) is 6.61 Å². The van der Waals surface area contributed by atoms with Crippen molar-refractivity contribution in [3.05, 3.63) is 35.9 Å². The van der Waals surface area contributed by atoms with Gasteiger partial charge in [0.2, 0.25) is 5.91 Å². The second-order valence-electron chi connectivity index (χ2n) is 7.04. The van der Waals surface area contributed by atoms with Gasteiger partial charge in [0.05, 0.1) is 6.04 Å². The van der Waals surface area contributed by atoms with Crippen LogP contribution in [0.1, 0.15) is 25.5 Å². The Balaban J connectivity index is 2.30. The van der Waals surface area contributed by atoms with Crippen LogP contribution in [0.2, 0.25) is 0 Å². The van der Waals surface area contributed by atoms with Crippen molar-refractivity contribution in [3.63, 3.8) is 0 Å². The summed E-state index contributed by atoms with van der Waals surface area (Å²) in [6.07, 6.45) is -0.685. The highest BCUT2D eigenvalue weighted by Gasteiger charge is 2.43. The van der Waals surface area contributed by atoms with E-state index in [2.05, 4.69) is 0 Å². The fourth-order valence-electron chi connectivity index (χ4n) is 3.11. The van der Waals surface area contributed by atoms with Crippen LogP contribution in [-0.4, -0.2) is 79.5 Å². The summed E-state index contributed by atoms with van der Waals surface area (Å²) in [5, 5.41) is 0. The van der Waals surface area contributed by atoms with Crippen LogP contribution in [-0.2, 0) is 14.3 Å². The van der Waals surface area contributed by atoms with Crippen LogP contribution in [0, 0.1) is 0 Å². The van der Waals surface area contributed by atoms with E-state index in [9.17, 15) is 9.59 Å². The molecule has 1 saturated heterocycles. The highest BCUT2D eigenvalue weighted by molar-refractivity contribution is 5.86. The maximum Gasteiger partial charge on any atom is 0.254 e. The molecule has 0 saturated carbocycles. The number of carbonyl (C=O) groups is 2. The average molecular weight is 347 g/mol. The third-order valence-corrected chi connectivity index (χ3v) is 4.46. The zero-order chi connectivity index (χ0) is 18.6. The highest BCUT2D eigenvalue weighted by Crippen LogP contribution is 2.32. The lowest BCUT2D eigenvalue weighted by molar-refractivity contribution is -0.171. The van der Waals surface area contributed by atoms with E-state index in [1.807, 2.05) is 63.2 Å². The Bertz CT molecular complexity index is 589. The van der Waals surface area contributed by atoms with Gasteiger partial charge in [-0.05, 0) is 33.5 Å². The van der Waals surface area contributed by atoms with E-state index < -0.39 is 12.1 Å². The molecule has 1 aliphatic heterocycles. The number of morpholine rings is 1. The standard InChI is InChI=1S/C19H29N3O3/c1-14(2)22-16(23)13-25-18(17(22)15-9-7-6-8-10-15)19(24)21(5)12-11-20(3)4/h6-10,14,17-18H,11-13H2,1-5H3/t17-,18+/m1/s1. The van der Waals surface area contributed by atoms with E-state index in [1.54, 1.807) is 16.8 Å². The minimum absolute atomic E-state index is 0.0102. The summed E-state index contributed by atoms with van der Waals surface area (Å²) in [6.45, 7) is 5.27. The average Bonchev–Trinajstić information content (AvgIpc) is 2.59. The molecule has 0 aromatic heterocycles. The van der Waals surface area contributed by atoms with Crippen LogP contribution in [0.15, 0.2) is 30.3 Å². The minimum Gasteiger partial charge on any atom is -0.356 e. The quantitative estimate of drug-likeness (QED) is 0.780. The summed E-state index contributed by atoms with van der Waals surface area (Å²) < 4.78 is 5.73. The fourth-order valence-corrected chi connectivity index (χ4v) is 3.11. The van der Waals surface area contributed by atoms with E-state index in [4.69, 9.17) is 4.74 Å². The van der Waals surface area contributed by atoms with Gasteiger partial charge in [-0.15, -0.1) is 0 Å². The Kier molecular flexibility index (Phi) is 6.56. The monoisotopic (exact) mass is 347 g/mol. The normalized spacial score (nSPS) is 21.1. The molecule has 6 heteroatoms. The van der Waals surface area contributed by atoms with E-state index in [0.717, 1.165) is 12.1 Å². The van der Waals surface area contributed by atoms with Gasteiger partial charge < -0.3 is 19.4 Å². The molecule has 0 N–H and O–H groups in total. The molecule has 6 nitrogen and oxygen atoms in total. The summed E-state index contributed by atoms with van der Waals surface area (Å²) in [5.74, 6) is -0.169. The first-order valence-electron chi connectivity index (χ1n) is 8.70. The third kappa shape index (κ3) is 4.58. The zero-order valence-electron chi connectivity index (χ0n) is 15.8. The Hall–Kier alpha value is -1.92. The maximum absolute atomic E-state index is 13.0. The van der Waals surface area contributed by atoms with E-state index in [1.165, 1.54) is 0 Å². The van der Waals surface area contributed by atoms with Crippen molar-refractivity contribution in [2.75, 3.05) is 40.8 Å². The second kappa shape index (κ2) is 8.45. The molecule has 2 atom stereocenters. The van der Waals surface area contributed by atoms with Gasteiger partial charge in [-0.1, -0.05) is 30.3 Å². The van der Waals surface area contributed by atoms with Crippen molar-refractivity contribution >= 4 is 11.8 Å². The molecule has 0 aliphatic carbocycles. The molecule has 1 aromatic rings. The van der Waals surface area contributed by atoms with Gasteiger partial charge in [-0.25, -0.2) is 0 Å². The number of likely N-dealkylation sites (N-methyl/N-ethyl adjacent to an activating group) is 2. The highest BCUT2D eigenvalue weighted by atomic mass is 16.5. The lowest BCUT2D eigenvalue weighted by Crippen LogP contribution is -2.56. The number of amides is 2. The molecule has 1 heterocycles. The molecule has 25 heavy (non-hydrogen) atoms. The van der Waals surface area contributed by atoms with Crippen LogP contribution in [0.25, 0.3) is 0 Å². The second-order valence-corrected chi connectivity index (χ2v) is 7.04. The number of hydrogen-bond acceptors (Lipinski definition) is 4. The Labute approximate surface area is 150 Å². The number of ether oxygens (including phenoxy) is 1. The lowest BCUT2D eigenvalue weighted by atomic mass is 9.95. The minimum atomic E-state index is -0.685. The molecule has 0 unspecified atom stereocenters. The van der Waals surface area contributed by atoms with Crippen LogP contribution in [0.5, 0.6) is 0 Å². The predicted molar refractivity (Wildman–Crippen MR) is 97.1 cm³/mol. The number of carbonyl (C=O) groups excluding carboxylic acids is 2. The van der Waals surface area contributed by atoms with Crippen molar-refractivity contribution < 1.29 is 14.3 Å². The van der Waals surface area contributed by atoms with Crippen molar-refractivity contribution in [3.8, 4) is 0 Å². The van der Waals surface area contributed by atoms with E-state index in [0.29, 0.717) is 6.54 Å². The summed E-state index contributed by atoms with van der Waals surface area (Å²) >= 11 is 0. The summed E-state index contributed by atoms with van der Waals surface area (Å²) in [5.41, 5.74) is 0.920. The molecule has 2 rings (SSSR count). The molecular formula is C19H29N3O3. The molecule has 2 amide bonds. The van der Waals surface area contributed by atoms with Gasteiger partial charge in [0.15, 0.2) is 6.10 Å². The summed E-state index contributed by atoms with van der Waals surface area (Å²) in [6, 6.07) is 9.24. The van der Waals surface area contributed by atoms with Crippen LogP contribution >= 0.6 is 0 Å². The zero-order valence-corrected chi connectivity index (χ0v) is 15.8. The van der Waals surface area contributed by atoms with Crippen LogP contribution < -0.4 is 0 Å². The first-order chi connectivity index (χ1) is 11.8. The summed E-state index contributed by atoms with van der Waals surface area (Å²) in [7, 11) is 5.73. The lowest BCUT2D eigenvalue weighted by Gasteiger charge is -2.43. The van der Waals surface area contributed by atoms with Gasteiger partial charge in [-0.2, -0.15) is 0 Å². The molecular weight excluding hydrogens is 318 g/mol. The van der Waals surface area contributed by atoms with Crippen LogP contribution in [0.3, 0.4) is 0 Å². The Morgan fingerprint density at radius 3 is 2.40 bits per heavy atom. The summed E-state index contributed by atoms with van der Waals surface area (Å²) in [4.78, 5) is 31.0. The predicted octanol–water partition coefficient (Wildman–Crippen LogP) is 1.38. The van der Waals surface area contributed by atoms with Gasteiger partial charge in [-0.3, -0.25) is 9.59 Å². The van der Waals surface area contributed by atoms with Crippen molar-refractivity contribution in [2.45, 2.75) is 32.0 Å².